The second kappa shape index (κ2) is 5.48. The van der Waals surface area contributed by atoms with Gasteiger partial charge in [-0.1, -0.05) is 19.3 Å². The Morgan fingerprint density at radius 2 is 1.89 bits per heavy atom. The Morgan fingerprint density at radius 3 is 2.67 bits per heavy atom. The molecule has 0 aromatic rings. The van der Waals surface area contributed by atoms with Gasteiger partial charge in [0.2, 0.25) is 0 Å². The SMILES string of the molecule is NCC1CCCN1CC1CCC2(CCCCC2)O1. The number of likely N-dealkylation sites (tertiary alicyclic amines) is 1. The maximum absolute atomic E-state index is 6.46. The Balaban J connectivity index is 1.52. The molecule has 2 saturated heterocycles. The first-order valence-electron chi connectivity index (χ1n) is 7.93. The lowest BCUT2D eigenvalue weighted by atomic mass is 9.83. The molecule has 0 radical (unpaired) electrons. The van der Waals surface area contributed by atoms with E-state index in [1.54, 1.807) is 0 Å². The lowest BCUT2D eigenvalue weighted by Crippen LogP contribution is -2.41. The summed E-state index contributed by atoms with van der Waals surface area (Å²) in [6.45, 7) is 3.18. The van der Waals surface area contributed by atoms with Crippen molar-refractivity contribution in [1.29, 1.82) is 0 Å². The summed E-state index contributed by atoms with van der Waals surface area (Å²) in [5.74, 6) is 0. The van der Waals surface area contributed by atoms with Crippen LogP contribution in [0.15, 0.2) is 0 Å². The van der Waals surface area contributed by atoms with E-state index in [-0.39, 0.29) is 5.60 Å². The third-order valence-electron chi connectivity index (χ3n) is 5.31. The molecule has 3 aliphatic rings. The van der Waals surface area contributed by atoms with E-state index in [4.69, 9.17) is 10.5 Å². The molecule has 1 aliphatic carbocycles. The molecule has 0 amide bonds. The summed E-state index contributed by atoms with van der Waals surface area (Å²) in [5, 5.41) is 0. The number of hydrogen-bond acceptors (Lipinski definition) is 3. The van der Waals surface area contributed by atoms with Gasteiger partial charge in [0.15, 0.2) is 0 Å². The minimum atomic E-state index is 0.279. The van der Waals surface area contributed by atoms with E-state index in [2.05, 4.69) is 4.90 Å². The van der Waals surface area contributed by atoms with E-state index in [1.165, 1.54) is 64.3 Å². The van der Waals surface area contributed by atoms with Crippen LogP contribution in [-0.2, 0) is 4.74 Å². The van der Waals surface area contributed by atoms with Gasteiger partial charge >= 0.3 is 0 Å². The molecule has 3 nitrogen and oxygen atoms in total. The van der Waals surface area contributed by atoms with Crippen molar-refractivity contribution in [3.8, 4) is 0 Å². The average molecular weight is 252 g/mol. The minimum absolute atomic E-state index is 0.279. The number of rotatable bonds is 3. The zero-order chi connectivity index (χ0) is 12.4. The zero-order valence-electron chi connectivity index (χ0n) is 11.6. The van der Waals surface area contributed by atoms with Gasteiger partial charge in [-0.25, -0.2) is 0 Å². The van der Waals surface area contributed by atoms with Crippen molar-refractivity contribution in [3.05, 3.63) is 0 Å². The van der Waals surface area contributed by atoms with Crippen molar-refractivity contribution in [1.82, 2.24) is 4.90 Å². The number of hydrogen-bond donors (Lipinski definition) is 1. The Hall–Kier alpha value is -0.120. The number of nitrogens with two attached hydrogens (primary N) is 1. The largest absolute Gasteiger partial charge is 0.370 e. The Labute approximate surface area is 111 Å². The third-order valence-corrected chi connectivity index (χ3v) is 5.31. The van der Waals surface area contributed by atoms with Gasteiger partial charge in [-0.3, -0.25) is 4.90 Å². The normalized spacial score (nSPS) is 36.5. The summed E-state index contributed by atoms with van der Waals surface area (Å²) < 4.78 is 6.46. The van der Waals surface area contributed by atoms with Crippen molar-refractivity contribution < 1.29 is 4.74 Å². The highest BCUT2D eigenvalue weighted by molar-refractivity contribution is 4.93. The van der Waals surface area contributed by atoms with Gasteiger partial charge in [0.05, 0.1) is 11.7 Å². The highest BCUT2D eigenvalue weighted by Crippen LogP contribution is 2.42. The molecule has 104 valence electrons. The molecule has 1 saturated carbocycles. The van der Waals surface area contributed by atoms with Gasteiger partial charge in [-0.2, -0.15) is 0 Å². The zero-order valence-corrected chi connectivity index (χ0v) is 11.6. The second-order valence-corrected chi connectivity index (χ2v) is 6.55. The summed E-state index contributed by atoms with van der Waals surface area (Å²) in [4.78, 5) is 2.58. The predicted octanol–water partition coefficient (Wildman–Crippen LogP) is 2.29. The van der Waals surface area contributed by atoms with Crippen LogP contribution in [0, 0.1) is 0 Å². The van der Waals surface area contributed by atoms with Crippen LogP contribution in [0.3, 0.4) is 0 Å². The van der Waals surface area contributed by atoms with Crippen LogP contribution in [0.1, 0.15) is 57.8 Å². The molecule has 3 heteroatoms. The van der Waals surface area contributed by atoms with Crippen LogP contribution < -0.4 is 5.73 Å². The van der Waals surface area contributed by atoms with Crippen molar-refractivity contribution >= 4 is 0 Å². The summed E-state index contributed by atoms with van der Waals surface area (Å²) in [6.07, 6.45) is 12.4. The van der Waals surface area contributed by atoms with Gasteiger partial charge in [-0.15, -0.1) is 0 Å². The number of nitrogens with zero attached hydrogens (tertiary/aromatic N) is 1. The average Bonchev–Trinajstić information content (AvgIpc) is 2.99. The molecule has 2 unspecified atom stereocenters. The standard InChI is InChI=1S/C15H28N2O/c16-11-13-5-4-10-17(13)12-14-6-9-15(18-14)7-2-1-3-8-15/h13-14H,1-12,16H2. The van der Waals surface area contributed by atoms with Gasteiger partial charge in [0, 0.05) is 19.1 Å². The molecule has 0 aromatic heterocycles. The van der Waals surface area contributed by atoms with E-state index < -0.39 is 0 Å². The Kier molecular flexibility index (Phi) is 3.92. The monoisotopic (exact) mass is 252 g/mol. The maximum atomic E-state index is 6.46. The number of ether oxygens (including phenoxy) is 1. The minimum Gasteiger partial charge on any atom is -0.370 e. The summed E-state index contributed by atoms with van der Waals surface area (Å²) in [6, 6.07) is 0.622. The van der Waals surface area contributed by atoms with Crippen molar-refractivity contribution in [2.75, 3.05) is 19.6 Å². The molecule has 3 rings (SSSR count). The summed E-state index contributed by atoms with van der Waals surface area (Å²) >= 11 is 0. The molecular weight excluding hydrogens is 224 g/mol. The smallest absolute Gasteiger partial charge is 0.0710 e. The van der Waals surface area contributed by atoms with Crippen LogP contribution in [0.5, 0.6) is 0 Å². The van der Waals surface area contributed by atoms with Gasteiger partial charge in [-0.05, 0) is 45.1 Å². The molecule has 2 atom stereocenters. The van der Waals surface area contributed by atoms with Crippen LogP contribution >= 0.6 is 0 Å². The van der Waals surface area contributed by atoms with E-state index in [1.807, 2.05) is 0 Å². The first-order chi connectivity index (χ1) is 8.81. The maximum Gasteiger partial charge on any atom is 0.0710 e. The topological polar surface area (TPSA) is 38.5 Å². The fourth-order valence-electron chi connectivity index (χ4n) is 4.25. The fourth-order valence-corrected chi connectivity index (χ4v) is 4.25. The highest BCUT2D eigenvalue weighted by atomic mass is 16.5. The third kappa shape index (κ3) is 2.59. The Bertz CT molecular complexity index is 276. The Morgan fingerprint density at radius 1 is 1.06 bits per heavy atom. The summed E-state index contributed by atoms with van der Waals surface area (Å²) in [5.41, 5.74) is 6.13. The molecule has 0 bridgehead atoms. The molecular formula is C15H28N2O. The molecule has 0 aromatic carbocycles. The molecule has 2 N–H and O–H groups in total. The van der Waals surface area contributed by atoms with Crippen LogP contribution in [0.4, 0.5) is 0 Å². The molecule has 2 aliphatic heterocycles. The van der Waals surface area contributed by atoms with E-state index in [9.17, 15) is 0 Å². The molecule has 3 fully saturated rings. The second-order valence-electron chi connectivity index (χ2n) is 6.55. The van der Waals surface area contributed by atoms with Crippen molar-refractivity contribution in [3.63, 3.8) is 0 Å². The van der Waals surface area contributed by atoms with Gasteiger partial charge in [0.25, 0.3) is 0 Å². The molecule has 18 heavy (non-hydrogen) atoms. The van der Waals surface area contributed by atoms with E-state index >= 15 is 0 Å². The van der Waals surface area contributed by atoms with Gasteiger partial charge < -0.3 is 10.5 Å². The van der Waals surface area contributed by atoms with E-state index in [0.29, 0.717) is 12.1 Å². The lowest BCUT2D eigenvalue weighted by molar-refractivity contribution is -0.0724. The first kappa shape index (κ1) is 12.9. The van der Waals surface area contributed by atoms with Crippen molar-refractivity contribution in [2.45, 2.75) is 75.5 Å². The quantitative estimate of drug-likeness (QED) is 0.837. The van der Waals surface area contributed by atoms with Crippen molar-refractivity contribution in [2.24, 2.45) is 5.73 Å². The molecule has 1 spiro atoms. The lowest BCUT2D eigenvalue weighted by Gasteiger charge is -2.34. The van der Waals surface area contributed by atoms with Crippen LogP contribution in [0.2, 0.25) is 0 Å². The first-order valence-corrected chi connectivity index (χ1v) is 7.93. The fraction of sp³-hybridized carbons (Fsp3) is 1.00. The predicted molar refractivity (Wildman–Crippen MR) is 73.6 cm³/mol. The van der Waals surface area contributed by atoms with E-state index in [0.717, 1.165) is 13.1 Å². The highest BCUT2D eigenvalue weighted by Gasteiger charge is 2.41. The van der Waals surface area contributed by atoms with Crippen LogP contribution in [-0.4, -0.2) is 42.3 Å². The van der Waals surface area contributed by atoms with Gasteiger partial charge in [0.1, 0.15) is 0 Å². The summed E-state index contributed by atoms with van der Waals surface area (Å²) in [7, 11) is 0. The molecule has 2 heterocycles. The van der Waals surface area contributed by atoms with Crippen LogP contribution in [0.25, 0.3) is 0 Å².